The third-order valence-electron chi connectivity index (χ3n) is 2.85. The second-order valence-electron chi connectivity index (χ2n) is 4.85. The van der Waals surface area contributed by atoms with Gasteiger partial charge < -0.3 is 20.5 Å². The third-order valence-corrected chi connectivity index (χ3v) is 2.85. The van der Waals surface area contributed by atoms with E-state index in [1.165, 1.54) is 6.07 Å². The molecule has 18 heavy (non-hydrogen) atoms. The van der Waals surface area contributed by atoms with E-state index >= 15 is 0 Å². The molecule has 0 aliphatic carbocycles. The van der Waals surface area contributed by atoms with Gasteiger partial charge in [0.25, 0.3) is 0 Å². The standard InChI is InChI=1S/C13H19FN2O2/c1-13(2)17-8-10(18-13)7-16-12-5-9(6-15)3-4-11(12)14/h3-5,10,16H,6-8,15H2,1-2H3/t10-/m0/s1. The van der Waals surface area contributed by atoms with E-state index in [1.54, 1.807) is 12.1 Å². The molecule has 0 spiro atoms. The van der Waals surface area contributed by atoms with E-state index in [0.29, 0.717) is 25.4 Å². The number of nitrogens with two attached hydrogens (primary N) is 1. The highest BCUT2D eigenvalue weighted by Crippen LogP contribution is 2.23. The maximum absolute atomic E-state index is 13.6. The van der Waals surface area contributed by atoms with Gasteiger partial charge >= 0.3 is 0 Å². The topological polar surface area (TPSA) is 56.5 Å². The van der Waals surface area contributed by atoms with E-state index in [2.05, 4.69) is 5.32 Å². The van der Waals surface area contributed by atoms with Crippen molar-refractivity contribution in [3.05, 3.63) is 29.6 Å². The highest BCUT2D eigenvalue weighted by molar-refractivity contribution is 5.47. The van der Waals surface area contributed by atoms with Gasteiger partial charge in [0.05, 0.1) is 12.3 Å². The molecule has 0 saturated carbocycles. The number of rotatable bonds is 4. The van der Waals surface area contributed by atoms with Gasteiger partial charge in [0.15, 0.2) is 5.79 Å². The van der Waals surface area contributed by atoms with Gasteiger partial charge in [-0.05, 0) is 31.5 Å². The van der Waals surface area contributed by atoms with Crippen molar-refractivity contribution in [3.8, 4) is 0 Å². The van der Waals surface area contributed by atoms with Crippen LogP contribution in [0.2, 0.25) is 0 Å². The summed E-state index contributed by atoms with van der Waals surface area (Å²) in [4.78, 5) is 0. The molecule has 0 bridgehead atoms. The molecule has 1 aliphatic heterocycles. The lowest BCUT2D eigenvalue weighted by Crippen LogP contribution is -2.26. The van der Waals surface area contributed by atoms with Crippen LogP contribution in [0.3, 0.4) is 0 Å². The molecule has 100 valence electrons. The minimum atomic E-state index is -0.552. The Bertz CT molecular complexity index is 423. The molecule has 1 aromatic carbocycles. The maximum Gasteiger partial charge on any atom is 0.163 e. The maximum atomic E-state index is 13.6. The van der Waals surface area contributed by atoms with Crippen molar-refractivity contribution in [1.82, 2.24) is 0 Å². The van der Waals surface area contributed by atoms with Crippen LogP contribution in [0.4, 0.5) is 10.1 Å². The van der Waals surface area contributed by atoms with Gasteiger partial charge in [0.1, 0.15) is 11.9 Å². The van der Waals surface area contributed by atoms with E-state index < -0.39 is 5.79 Å². The van der Waals surface area contributed by atoms with Crippen molar-refractivity contribution < 1.29 is 13.9 Å². The molecule has 0 unspecified atom stereocenters. The quantitative estimate of drug-likeness (QED) is 0.861. The summed E-state index contributed by atoms with van der Waals surface area (Å²) >= 11 is 0. The summed E-state index contributed by atoms with van der Waals surface area (Å²) in [7, 11) is 0. The van der Waals surface area contributed by atoms with Crippen LogP contribution in [0.15, 0.2) is 18.2 Å². The molecule has 1 heterocycles. The molecule has 0 amide bonds. The van der Waals surface area contributed by atoms with Crippen LogP contribution in [-0.2, 0) is 16.0 Å². The van der Waals surface area contributed by atoms with Crippen molar-refractivity contribution >= 4 is 5.69 Å². The minimum absolute atomic E-state index is 0.0686. The van der Waals surface area contributed by atoms with E-state index in [1.807, 2.05) is 13.8 Å². The van der Waals surface area contributed by atoms with Gasteiger partial charge in [-0.15, -0.1) is 0 Å². The summed E-state index contributed by atoms with van der Waals surface area (Å²) in [5, 5.41) is 3.03. The highest BCUT2D eigenvalue weighted by Gasteiger charge is 2.32. The smallest absolute Gasteiger partial charge is 0.163 e. The van der Waals surface area contributed by atoms with Crippen molar-refractivity contribution in [1.29, 1.82) is 0 Å². The number of benzene rings is 1. The van der Waals surface area contributed by atoms with Crippen molar-refractivity contribution in [2.24, 2.45) is 5.73 Å². The van der Waals surface area contributed by atoms with Gasteiger partial charge in [-0.25, -0.2) is 4.39 Å². The van der Waals surface area contributed by atoms with Crippen LogP contribution in [0.5, 0.6) is 0 Å². The van der Waals surface area contributed by atoms with Crippen LogP contribution >= 0.6 is 0 Å². The Morgan fingerprint density at radius 3 is 2.89 bits per heavy atom. The zero-order valence-electron chi connectivity index (χ0n) is 10.7. The van der Waals surface area contributed by atoms with E-state index in [-0.39, 0.29) is 11.9 Å². The lowest BCUT2D eigenvalue weighted by molar-refractivity contribution is -0.136. The Hall–Kier alpha value is -1.17. The van der Waals surface area contributed by atoms with E-state index in [9.17, 15) is 4.39 Å². The monoisotopic (exact) mass is 254 g/mol. The summed E-state index contributed by atoms with van der Waals surface area (Å²) in [6, 6.07) is 4.82. The lowest BCUT2D eigenvalue weighted by atomic mass is 10.2. The Morgan fingerprint density at radius 1 is 1.50 bits per heavy atom. The lowest BCUT2D eigenvalue weighted by Gasteiger charge is -2.17. The van der Waals surface area contributed by atoms with Gasteiger partial charge in [0.2, 0.25) is 0 Å². The van der Waals surface area contributed by atoms with Gasteiger partial charge in [-0.3, -0.25) is 0 Å². The normalized spacial score (nSPS) is 22.1. The van der Waals surface area contributed by atoms with E-state index in [4.69, 9.17) is 15.2 Å². The zero-order chi connectivity index (χ0) is 13.2. The van der Waals surface area contributed by atoms with Crippen LogP contribution in [0.25, 0.3) is 0 Å². The zero-order valence-corrected chi connectivity index (χ0v) is 10.7. The minimum Gasteiger partial charge on any atom is -0.380 e. The molecule has 3 N–H and O–H groups in total. The summed E-state index contributed by atoms with van der Waals surface area (Å²) in [5.74, 6) is -0.838. The first-order valence-electron chi connectivity index (χ1n) is 6.04. The van der Waals surface area contributed by atoms with Crippen LogP contribution in [-0.4, -0.2) is 25.0 Å². The fourth-order valence-corrected chi connectivity index (χ4v) is 1.92. The fraction of sp³-hybridized carbons (Fsp3) is 0.538. The van der Waals surface area contributed by atoms with Crippen LogP contribution in [0, 0.1) is 5.82 Å². The molecular weight excluding hydrogens is 235 g/mol. The number of ether oxygens (including phenoxy) is 2. The van der Waals surface area contributed by atoms with Gasteiger partial charge in [0, 0.05) is 13.1 Å². The predicted molar refractivity (Wildman–Crippen MR) is 67.7 cm³/mol. The first-order chi connectivity index (χ1) is 8.50. The molecule has 2 rings (SSSR count). The predicted octanol–water partition coefficient (Wildman–Crippen LogP) is 1.85. The SMILES string of the molecule is CC1(C)OC[C@H](CNc2cc(CN)ccc2F)O1. The summed E-state index contributed by atoms with van der Waals surface area (Å²) < 4.78 is 24.6. The molecule has 1 atom stereocenters. The Kier molecular flexibility index (Phi) is 3.85. The molecule has 1 aliphatic rings. The van der Waals surface area contributed by atoms with Crippen molar-refractivity contribution in [2.75, 3.05) is 18.5 Å². The van der Waals surface area contributed by atoms with Gasteiger partial charge in [-0.1, -0.05) is 6.07 Å². The number of hydrogen-bond acceptors (Lipinski definition) is 4. The summed E-state index contributed by atoms with van der Waals surface area (Å²) in [6.45, 7) is 5.14. The average Bonchev–Trinajstić information content (AvgIpc) is 2.68. The highest BCUT2D eigenvalue weighted by atomic mass is 19.1. The first kappa shape index (κ1) is 13.3. The van der Waals surface area contributed by atoms with Crippen molar-refractivity contribution in [3.63, 3.8) is 0 Å². The molecule has 1 saturated heterocycles. The van der Waals surface area contributed by atoms with Crippen LogP contribution in [0.1, 0.15) is 19.4 Å². The van der Waals surface area contributed by atoms with E-state index in [0.717, 1.165) is 5.56 Å². The third kappa shape index (κ3) is 3.19. The van der Waals surface area contributed by atoms with Gasteiger partial charge in [-0.2, -0.15) is 0 Å². The Balaban J connectivity index is 1.94. The Morgan fingerprint density at radius 2 is 2.28 bits per heavy atom. The first-order valence-corrected chi connectivity index (χ1v) is 6.04. The largest absolute Gasteiger partial charge is 0.380 e. The van der Waals surface area contributed by atoms with Crippen molar-refractivity contribution in [2.45, 2.75) is 32.3 Å². The average molecular weight is 254 g/mol. The second-order valence-corrected chi connectivity index (χ2v) is 4.85. The summed E-state index contributed by atoms with van der Waals surface area (Å²) in [5.41, 5.74) is 6.87. The number of hydrogen-bond donors (Lipinski definition) is 2. The second kappa shape index (κ2) is 5.22. The fourth-order valence-electron chi connectivity index (χ4n) is 1.92. The molecule has 1 fully saturated rings. The Labute approximate surface area is 106 Å². The molecule has 1 aromatic rings. The van der Waals surface area contributed by atoms with Crippen LogP contribution < -0.4 is 11.1 Å². The molecular formula is C13H19FN2O2. The number of anilines is 1. The molecule has 0 aromatic heterocycles. The molecule has 4 nitrogen and oxygen atoms in total. The number of nitrogens with one attached hydrogen (secondary N) is 1. The molecule has 0 radical (unpaired) electrons. The molecule has 5 heteroatoms. The number of halogens is 1. The summed E-state index contributed by atoms with van der Waals surface area (Å²) in [6.07, 6.45) is -0.0686.